The maximum atomic E-state index is 12.2. The highest BCUT2D eigenvalue weighted by molar-refractivity contribution is 5.78. The van der Waals surface area contributed by atoms with Gasteiger partial charge in [-0.05, 0) is 63.4 Å². The van der Waals surface area contributed by atoms with Gasteiger partial charge >= 0.3 is 12.0 Å². The smallest absolute Gasteiger partial charge is 0.348 e. The Balaban J connectivity index is 1.87. The van der Waals surface area contributed by atoms with Gasteiger partial charge in [0.05, 0.1) is 6.61 Å². The Kier molecular flexibility index (Phi) is 10.0. The summed E-state index contributed by atoms with van der Waals surface area (Å²) in [6.07, 6.45) is 1.83. The summed E-state index contributed by atoms with van der Waals surface area (Å²) < 4.78 is 11.6. The summed E-state index contributed by atoms with van der Waals surface area (Å²) in [5.74, 6) is 0.194. The van der Waals surface area contributed by atoms with E-state index in [4.69, 9.17) is 9.47 Å². The lowest BCUT2D eigenvalue weighted by Gasteiger charge is -2.26. The van der Waals surface area contributed by atoms with Gasteiger partial charge in [-0.25, -0.2) is 9.59 Å². The van der Waals surface area contributed by atoms with E-state index in [1.807, 2.05) is 68.1 Å². The third-order valence-electron chi connectivity index (χ3n) is 5.04. The van der Waals surface area contributed by atoms with Gasteiger partial charge in [0.25, 0.3) is 0 Å². The van der Waals surface area contributed by atoms with Gasteiger partial charge in [0.2, 0.25) is 5.60 Å². The third-order valence-corrected chi connectivity index (χ3v) is 5.04. The van der Waals surface area contributed by atoms with Crippen molar-refractivity contribution in [2.24, 2.45) is 0 Å². The van der Waals surface area contributed by atoms with Crippen LogP contribution in [0.4, 0.5) is 4.79 Å². The molecule has 1 unspecified atom stereocenters. The summed E-state index contributed by atoms with van der Waals surface area (Å²) in [6, 6.07) is 16.4. The zero-order chi connectivity index (χ0) is 24.3. The van der Waals surface area contributed by atoms with E-state index in [2.05, 4.69) is 5.32 Å². The maximum absolute atomic E-state index is 12.2. The number of carbonyl (C=O) groups is 2. The molecule has 2 rings (SSSR count). The summed E-state index contributed by atoms with van der Waals surface area (Å²) in [7, 11) is 0. The summed E-state index contributed by atoms with van der Waals surface area (Å²) >= 11 is 0. The van der Waals surface area contributed by atoms with Crippen LogP contribution in [0.5, 0.6) is 11.5 Å². The number of hydrogen-bond acceptors (Lipinski definition) is 4. The summed E-state index contributed by atoms with van der Waals surface area (Å²) in [5, 5.41) is 12.7. The average Bonchev–Trinajstić information content (AvgIpc) is 2.77. The Morgan fingerprint density at radius 2 is 1.70 bits per heavy atom. The zero-order valence-corrected chi connectivity index (χ0v) is 20.0. The summed E-state index contributed by atoms with van der Waals surface area (Å²) in [4.78, 5) is 26.0. The van der Waals surface area contributed by atoms with Crippen LogP contribution in [0.15, 0.2) is 54.6 Å². The van der Waals surface area contributed by atoms with Crippen molar-refractivity contribution in [3.05, 3.63) is 60.2 Å². The third kappa shape index (κ3) is 8.67. The van der Waals surface area contributed by atoms with Gasteiger partial charge in [-0.1, -0.05) is 37.3 Å². The first-order valence-corrected chi connectivity index (χ1v) is 11.5. The van der Waals surface area contributed by atoms with Gasteiger partial charge in [-0.2, -0.15) is 0 Å². The van der Waals surface area contributed by atoms with E-state index in [-0.39, 0.29) is 18.5 Å². The first-order chi connectivity index (χ1) is 15.7. The fourth-order valence-corrected chi connectivity index (χ4v) is 3.37. The lowest BCUT2D eigenvalue weighted by Crippen LogP contribution is -2.44. The number of carboxylic acid groups (broad SMARTS) is 1. The molecule has 0 radical (unpaired) electrons. The Bertz CT molecular complexity index is 870. The van der Waals surface area contributed by atoms with Crippen molar-refractivity contribution in [2.75, 3.05) is 19.7 Å². The Morgan fingerprint density at radius 3 is 2.27 bits per heavy atom. The number of carbonyl (C=O) groups excluding carboxylic acids is 1. The minimum atomic E-state index is -1.39. The molecule has 2 amide bonds. The number of rotatable bonds is 13. The molecule has 0 heterocycles. The van der Waals surface area contributed by atoms with E-state index in [1.165, 1.54) is 0 Å². The van der Waals surface area contributed by atoms with Gasteiger partial charge in [-0.15, -0.1) is 0 Å². The predicted octanol–water partition coefficient (Wildman–Crippen LogP) is 4.75. The molecule has 2 aromatic carbocycles. The van der Waals surface area contributed by atoms with Gasteiger partial charge in [0.15, 0.2) is 0 Å². The molecule has 0 aromatic heterocycles. The fraction of sp³-hybridized carbons (Fsp3) is 0.462. The van der Waals surface area contributed by atoms with Crippen molar-refractivity contribution in [1.29, 1.82) is 0 Å². The van der Waals surface area contributed by atoms with Crippen LogP contribution >= 0.6 is 0 Å². The molecule has 180 valence electrons. The Labute approximate surface area is 196 Å². The molecular weight excluding hydrogens is 420 g/mol. The molecule has 0 aliphatic carbocycles. The second-order valence-corrected chi connectivity index (χ2v) is 8.57. The van der Waals surface area contributed by atoms with Crippen LogP contribution in [-0.4, -0.2) is 53.3 Å². The van der Waals surface area contributed by atoms with Crippen LogP contribution in [-0.2, 0) is 11.2 Å². The van der Waals surface area contributed by atoms with E-state index in [0.29, 0.717) is 31.2 Å². The molecule has 0 saturated heterocycles. The molecule has 2 N–H and O–H groups in total. The number of nitrogens with one attached hydrogen (secondary N) is 1. The second kappa shape index (κ2) is 12.7. The van der Waals surface area contributed by atoms with Crippen molar-refractivity contribution in [1.82, 2.24) is 10.2 Å². The molecule has 0 aliphatic rings. The van der Waals surface area contributed by atoms with Crippen molar-refractivity contribution < 1.29 is 24.2 Å². The number of benzene rings is 2. The molecule has 2 aromatic rings. The molecular formula is C26H36N2O5. The molecule has 0 bridgehead atoms. The largest absolute Gasteiger partial charge is 0.494 e. The van der Waals surface area contributed by atoms with Crippen LogP contribution in [0.25, 0.3) is 0 Å². The van der Waals surface area contributed by atoms with Crippen molar-refractivity contribution >= 4 is 12.0 Å². The first kappa shape index (κ1) is 26.0. The molecule has 0 saturated carbocycles. The molecule has 0 aliphatic heterocycles. The lowest BCUT2D eigenvalue weighted by atomic mass is 9.96. The van der Waals surface area contributed by atoms with Crippen LogP contribution < -0.4 is 14.8 Å². The highest BCUT2D eigenvalue weighted by Crippen LogP contribution is 2.24. The highest BCUT2D eigenvalue weighted by Gasteiger charge is 2.36. The Hall–Kier alpha value is -3.22. The molecule has 7 heteroatoms. The van der Waals surface area contributed by atoms with Gasteiger partial charge in [0, 0.05) is 25.6 Å². The normalized spacial score (nSPS) is 12.6. The van der Waals surface area contributed by atoms with Gasteiger partial charge in [0.1, 0.15) is 11.5 Å². The number of urea groups is 1. The van der Waals surface area contributed by atoms with Crippen LogP contribution in [0.3, 0.4) is 0 Å². The quantitative estimate of drug-likeness (QED) is 0.425. The molecule has 0 spiro atoms. The fourth-order valence-electron chi connectivity index (χ4n) is 3.37. The number of aliphatic carboxylic acids is 1. The highest BCUT2D eigenvalue weighted by atomic mass is 16.5. The molecule has 0 fully saturated rings. The molecule has 7 nitrogen and oxygen atoms in total. The van der Waals surface area contributed by atoms with E-state index in [0.717, 1.165) is 18.4 Å². The molecule has 33 heavy (non-hydrogen) atoms. The predicted molar refractivity (Wildman–Crippen MR) is 129 cm³/mol. The zero-order valence-electron chi connectivity index (χ0n) is 20.0. The van der Waals surface area contributed by atoms with Crippen molar-refractivity contribution in [2.45, 2.75) is 58.6 Å². The summed E-state index contributed by atoms with van der Waals surface area (Å²) in [5.41, 5.74) is -0.550. The van der Waals surface area contributed by atoms with E-state index in [1.54, 1.807) is 19.1 Å². The number of hydrogen-bond donors (Lipinski definition) is 2. The topological polar surface area (TPSA) is 88.1 Å². The summed E-state index contributed by atoms with van der Waals surface area (Å²) in [6.45, 7) is 9.33. The van der Waals surface area contributed by atoms with Crippen LogP contribution in [0.2, 0.25) is 0 Å². The van der Waals surface area contributed by atoms with E-state index < -0.39 is 11.6 Å². The minimum absolute atomic E-state index is 0.0459. The monoisotopic (exact) mass is 456 g/mol. The molecule has 1 atom stereocenters. The van der Waals surface area contributed by atoms with Crippen LogP contribution in [0.1, 0.15) is 46.1 Å². The average molecular weight is 457 g/mol. The first-order valence-electron chi connectivity index (χ1n) is 11.5. The number of amides is 2. The van der Waals surface area contributed by atoms with Gasteiger partial charge < -0.3 is 24.8 Å². The standard InChI is InChI=1S/C26H36N2O5/c1-5-16-28(25(31)27-20(2)3)17-9-18-32-22-14-12-21(13-15-22)19-26(4,24(29)30)33-23-10-7-6-8-11-23/h6-8,10-15,20H,5,9,16-19H2,1-4H3,(H,27,31)(H,29,30). The SMILES string of the molecule is CCCN(CCCOc1ccc(CC(C)(Oc2ccccc2)C(=O)O)cc1)C(=O)NC(C)C. The maximum Gasteiger partial charge on any atom is 0.348 e. The lowest BCUT2D eigenvalue weighted by molar-refractivity contribution is -0.153. The number of carboxylic acids is 1. The van der Waals surface area contributed by atoms with Crippen molar-refractivity contribution in [3.63, 3.8) is 0 Å². The van der Waals surface area contributed by atoms with Crippen LogP contribution in [0, 0.1) is 0 Å². The minimum Gasteiger partial charge on any atom is -0.494 e. The number of ether oxygens (including phenoxy) is 2. The number of para-hydroxylation sites is 1. The second-order valence-electron chi connectivity index (χ2n) is 8.57. The Morgan fingerprint density at radius 1 is 1.03 bits per heavy atom. The van der Waals surface area contributed by atoms with E-state index >= 15 is 0 Å². The van der Waals surface area contributed by atoms with E-state index in [9.17, 15) is 14.7 Å². The number of nitrogens with zero attached hydrogens (tertiary/aromatic N) is 1. The van der Waals surface area contributed by atoms with Gasteiger partial charge in [-0.3, -0.25) is 0 Å². The van der Waals surface area contributed by atoms with Crippen molar-refractivity contribution in [3.8, 4) is 11.5 Å².